The molecule has 1 unspecified atom stereocenters. The fourth-order valence-corrected chi connectivity index (χ4v) is 3.62. The van der Waals surface area contributed by atoms with E-state index < -0.39 is 0 Å². The third-order valence-corrected chi connectivity index (χ3v) is 5.38. The second-order valence-electron chi connectivity index (χ2n) is 7.71. The minimum atomic E-state index is -0.318. The van der Waals surface area contributed by atoms with E-state index in [2.05, 4.69) is 53.4 Å². The van der Waals surface area contributed by atoms with Crippen molar-refractivity contribution in [1.82, 2.24) is 20.4 Å². The van der Waals surface area contributed by atoms with E-state index in [-0.39, 0.29) is 11.2 Å². The van der Waals surface area contributed by atoms with Gasteiger partial charge in [0.05, 0.1) is 0 Å². The number of nitrogens with one attached hydrogen (secondary N) is 2. The normalized spacial score (nSPS) is 20.3. The average molecular weight is 384 g/mol. The minimum Gasteiger partial charge on any atom is -0.356 e. The summed E-state index contributed by atoms with van der Waals surface area (Å²) in [4.78, 5) is 9.05. The number of hydrogen-bond donors (Lipinski definition) is 2. The van der Waals surface area contributed by atoms with Crippen molar-refractivity contribution in [2.45, 2.75) is 25.3 Å². The molecule has 0 aromatic heterocycles. The molecule has 1 aliphatic heterocycles. The Morgan fingerprint density at radius 1 is 1.31 bits per heavy atom. The van der Waals surface area contributed by atoms with Crippen LogP contribution in [-0.4, -0.2) is 75.7 Å². The summed E-state index contributed by atoms with van der Waals surface area (Å²) in [5, 5.41) is 7.24. The van der Waals surface area contributed by atoms with Gasteiger partial charge in [0.1, 0.15) is 5.82 Å². The lowest BCUT2D eigenvalue weighted by Gasteiger charge is -2.38. The summed E-state index contributed by atoms with van der Waals surface area (Å²) >= 11 is 6.23. The summed E-state index contributed by atoms with van der Waals surface area (Å²) in [5.74, 6) is 0.444. The lowest BCUT2D eigenvalue weighted by atomic mass is 9.84. The zero-order valence-electron chi connectivity index (χ0n) is 16.4. The van der Waals surface area contributed by atoms with Gasteiger partial charge in [-0.05, 0) is 31.8 Å². The number of guanidine groups is 1. The molecule has 2 N–H and O–H groups in total. The Morgan fingerprint density at radius 3 is 2.69 bits per heavy atom. The van der Waals surface area contributed by atoms with Crippen LogP contribution in [0, 0.1) is 5.82 Å². The van der Waals surface area contributed by atoms with E-state index in [0.29, 0.717) is 17.6 Å². The number of rotatable bonds is 5. The van der Waals surface area contributed by atoms with E-state index >= 15 is 0 Å². The van der Waals surface area contributed by atoms with Crippen LogP contribution in [0.15, 0.2) is 23.2 Å². The van der Waals surface area contributed by atoms with Gasteiger partial charge in [-0.1, -0.05) is 31.5 Å². The van der Waals surface area contributed by atoms with Crippen molar-refractivity contribution in [3.8, 4) is 0 Å². The number of hydrogen-bond acceptors (Lipinski definition) is 3. The van der Waals surface area contributed by atoms with Crippen LogP contribution in [0.3, 0.4) is 0 Å². The second kappa shape index (κ2) is 9.02. The Morgan fingerprint density at radius 2 is 2.04 bits per heavy atom. The third kappa shape index (κ3) is 5.56. The number of likely N-dealkylation sites (N-methyl/N-ethyl adjacent to an activating group) is 2. The lowest BCUT2D eigenvalue weighted by molar-refractivity contribution is 0.116. The number of aliphatic imine (C=N–C) groups is 1. The van der Waals surface area contributed by atoms with Gasteiger partial charge >= 0.3 is 0 Å². The number of halogens is 2. The Bertz CT molecular complexity index is 634. The van der Waals surface area contributed by atoms with Crippen molar-refractivity contribution in [3.63, 3.8) is 0 Å². The maximum Gasteiger partial charge on any atom is 0.191 e. The van der Waals surface area contributed by atoms with Crippen LogP contribution in [0.1, 0.15) is 19.4 Å². The molecule has 1 aromatic rings. The standard InChI is InChI=1S/C19H31ClFN5/c1-19(2,16-7-6-14(21)10-17(16)20)13-24-18(22-3)23-11-15-12-25(4)8-9-26(15)5/h6-7,10,15H,8-9,11-13H2,1-5H3,(H2,22,23,24). The number of nitrogens with zero attached hydrogens (tertiary/aromatic N) is 3. The van der Waals surface area contributed by atoms with Gasteiger partial charge in [0.15, 0.2) is 5.96 Å². The molecule has 7 heteroatoms. The van der Waals surface area contributed by atoms with Gasteiger partial charge in [0, 0.05) is 56.3 Å². The van der Waals surface area contributed by atoms with Crippen LogP contribution < -0.4 is 10.6 Å². The third-order valence-electron chi connectivity index (χ3n) is 5.07. The molecule has 5 nitrogen and oxygen atoms in total. The SMILES string of the molecule is CN=C(NCC1CN(C)CCN1C)NCC(C)(C)c1ccc(F)cc1Cl. The maximum absolute atomic E-state index is 13.3. The Hall–Kier alpha value is -1.37. The van der Waals surface area contributed by atoms with Gasteiger partial charge < -0.3 is 15.5 Å². The molecule has 1 aromatic carbocycles. The number of benzene rings is 1. The van der Waals surface area contributed by atoms with E-state index in [0.717, 1.165) is 37.7 Å². The van der Waals surface area contributed by atoms with Gasteiger partial charge in [-0.15, -0.1) is 0 Å². The van der Waals surface area contributed by atoms with Crippen molar-refractivity contribution in [3.05, 3.63) is 34.6 Å². The van der Waals surface area contributed by atoms with Gasteiger partial charge in [0.25, 0.3) is 0 Å². The Balaban J connectivity index is 1.91. The molecule has 0 aliphatic carbocycles. The molecule has 0 spiro atoms. The first-order valence-corrected chi connectivity index (χ1v) is 9.39. The van der Waals surface area contributed by atoms with Crippen molar-refractivity contribution in [2.75, 3.05) is 53.9 Å². The summed E-state index contributed by atoms with van der Waals surface area (Å²) in [5.41, 5.74) is 0.654. The molecule has 1 atom stereocenters. The van der Waals surface area contributed by atoms with E-state index in [1.165, 1.54) is 12.1 Å². The van der Waals surface area contributed by atoms with Crippen LogP contribution in [0.4, 0.5) is 4.39 Å². The van der Waals surface area contributed by atoms with E-state index in [4.69, 9.17) is 11.6 Å². The highest BCUT2D eigenvalue weighted by Gasteiger charge is 2.25. The highest BCUT2D eigenvalue weighted by Crippen LogP contribution is 2.29. The molecule has 1 aliphatic rings. The van der Waals surface area contributed by atoms with Gasteiger partial charge in [-0.25, -0.2) is 4.39 Å². The summed E-state index contributed by atoms with van der Waals surface area (Å²) in [6.45, 7) is 8.85. The Labute approximate surface area is 161 Å². The minimum absolute atomic E-state index is 0.260. The van der Waals surface area contributed by atoms with E-state index in [9.17, 15) is 4.39 Å². The molecule has 0 saturated carbocycles. The van der Waals surface area contributed by atoms with Crippen molar-refractivity contribution >= 4 is 17.6 Å². The van der Waals surface area contributed by atoms with Crippen LogP contribution in [0.2, 0.25) is 5.02 Å². The monoisotopic (exact) mass is 383 g/mol. The quantitative estimate of drug-likeness (QED) is 0.604. The second-order valence-corrected chi connectivity index (χ2v) is 8.12. The molecule has 146 valence electrons. The zero-order chi connectivity index (χ0) is 19.3. The van der Waals surface area contributed by atoms with Crippen LogP contribution in [-0.2, 0) is 5.41 Å². The smallest absolute Gasteiger partial charge is 0.191 e. The maximum atomic E-state index is 13.3. The van der Waals surface area contributed by atoms with E-state index in [1.807, 2.05) is 0 Å². The summed E-state index contributed by atoms with van der Waals surface area (Å²) in [7, 11) is 6.08. The largest absolute Gasteiger partial charge is 0.356 e. The molecule has 0 amide bonds. The van der Waals surface area contributed by atoms with Crippen molar-refractivity contribution in [2.24, 2.45) is 4.99 Å². The number of piperazine rings is 1. The predicted octanol–water partition coefficient (Wildman–Crippen LogP) is 2.17. The molecule has 1 heterocycles. The lowest BCUT2D eigenvalue weighted by Crippen LogP contribution is -2.55. The summed E-state index contributed by atoms with van der Waals surface area (Å²) in [6, 6.07) is 5.02. The highest BCUT2D eigenvalue weighted by atomic mass is 35.5. The first kappa shape index (κ1) is 20.9. The van der Waals surface area contributed by atoms with Crippen molar-refractivity contribution < 1.29 is 4.39 Å². The fourth-order valence-electron chi connectivity index (χ4n) is 3.20. The van der Waals surface area contributed by atoms with Gasteiger partial charge in [-0.3, -0.25) is 9.89 Å². The Kier molecular flexibility index (Phi) is 7.26. The average Bonchev–Trinajstić information content (AvgIpc) is 2.57. The molecular formula is C19H31ClFN5. The molecule has 1 saturated heterocycles. The first-order valence-electron chi connectivity index (χ1n) is 9.02. The topological polar surface area (TPSA) is 42.9 Å². The zero-order valence-corrected chi connectivity index (χ0v) is 17.2. The molecule has 26 heavy (non-hydrogen) atoms. The van der Waals surface area contributed by atoms with Crippen LogP contribution >= 0.6 is 11.6 Å². The van der Waals surface area contributed by atoms with Crippen molar-refractivity contribution in [1.29, 1.82) is 0 Å². The van der Waals surface area contributed by atoms with Crippen LogP contribution in [0.25, 0.3) is 0 Å². The molecule has 2 rings (SSSR count). The van der Waals surface area contributed by atoms with Gasteiger partial charge in [0.2, 0.25) is 0 Å². The van der Waals surface area contributed by atoms with E-state index in [1.54, 1.807) is 13.1 Å². The summed E-state index contributed by atoms with van der Waals surface area (Å²) < 4.78 is 13.3. The molecule has 0 bridgehead atoms. The summed E-state index contributed by atoms with van der Waals surface area (Å²) in [6.07, 6.45) is 0. The predicted molar refractivity (Wildman–Crippen MR) is 108 cm³/mol. The fraction of sp³-hybridized carbons (Fsp3) is 0.632. The molecule has 0 radical (unpaired) electrons. The van der Waals surface area contributed by atoms with Crippen LogP contribution in [0.5, 0.6) is 0 Å². The highest BCUT2D eigenvalue weighted by molar-refractivity contribution is 6.31. The first-order chi connectivity index (χ1) is 12.2. The molecule has 1 fully saturated rings. The molecular weight excluding hydrogens is 353 g/mol. The van der Waals surface area contributed by atoms with Gasteiger partial charge in [-0.2, -0.15) is 0 Å².